The SMILES string of the molecule is CCN(CC)CCCN1C(=O)C(O)=C(C(=O)c2ccc(C)o2)[C@H]1c1cccs1. The second-order valence-corrected chi connectivity index (χ2v) is 7.78. The van der Waals surface area contributed by atoms with E-state index in [1.54, 1.807) is 24.0 Å². The molecule has 1 aliphatic rings. The zero-order valence-corrected chi connectivity index (χ0v) is 17.3. The van der Waals surface area contributed by atoms with Crippen molar-refractivity contribution in [3.8, 4) is 0 Å². The summed E-state index contributed by atoms with van der Waals surface area (Å²) >= 11 is 1.47. The van der Waals surface area contributed by atoms with Gasteiger partial charge in [0.15, 0.2) is 11.5 Å². The van der Waals surface area contributed by atoms with Crippen molar-refractivity contribution >= 4 is 23.0 Å². The fourth-order valence-electron chi connectivity index (χ4n) is 3.55. The van der Waals surface area contributed by atoms with Crippen molar-refractivity contribution in [2.24, 2.45) is 0 Å². The van der Waals surface area contributed by atoms with Crippen molar-refractivity contribution in [2.45, 2.75) is 33.2 Å². The molecule has 0 fully saturated rings. The molecule has 3 rings (SSSR count). The smallest absolute Gasteiger partial charge is 0.290 e. The van der Waals surface area contributed by atoms with Crippen LogP contribution in [0, 0.1) is 6.92 Å². The highest BCUT2D eigenvalue weighted by Gasteiger charge is 2.44. The van der Waals surface area contributed by atoms with Gasteiger partial charge in [0.05, 0.1) is 11.6 Å². The number of aliphatic hydroxyl groups excluding tert-OH is 1. The Kier molecular flexibility index (Phi) is 6.36. The van der Waals surface area contributed by atoms with Crippen LogP contribution in [0.5, 0.6) is 0 Å². The summed E-state index contributed by atoms with van der Waals surface area (Å²) in [7, 11) is 0. The first kappa shape index (κ1) is 20.4. The van der Waals surface area contributed by atoms with E-state index >= 15 is 0 Å². The first-order valence-electron chi connectivity index (χ1n) is 9.58. The fraction of sp³-hybridized carbons (Fsp3) is 0.429. The third-order valence-electron chi connectivity index (χ3n) is 5.09. The Balaban J connectivity index is 1.88. The molecule has 150 valence electrons. The molecule has 3 heterocycles. The minimum atomic E-state index is -0.581. The fourth-order valence-corrected chi connectivity index (χ4v) is 4.40. The van der Waals surface area contributed by atoms with E-state index < -0.39 is 23.5 Å². The minimum Gasteiger partial charge on any atom is -0.503 e. The lowest BCUT2D eigenvalue weighted by molar-refractivity contribution is -0.129. The largest absolute Gasteiger partial charge is 0.503 e. The zero-order chi connectivity index (χ0) is 20.3. The van der Waals surface area contributed by atoms with E-state index in [0.717, 1.165) is 30.9 Å². The maximum absolute atomic E-state index is 13.0. The van der Waals surface area contributed by atoms with Gasteiger partial charge in [-0.1, -0.05) is 19.9 Å². The van der Waals surface area contributed by atoms with Gasteiger partial charge in [-0.25, -0.2) is 0 Å². The zero-order valence-electron chi connectivity index (χ0n) is 16.5. The normalized spacial score (nSPS) is 17.2. The number of carbonyl (C=O) groups is 2. The number of aryl methyl sites for hydroxylation is 1. The standard InChI is InChI=1S/C21H26N2O4S/c1-4-22(5-2)11-7-12-23-18(16-8-6-13-28-16)17(20(25)21(23)26)19(24)15-10-9-14(3)27-15/h6,8-10,13,18,25H,4-5,7,11-12H2,1-3H3/t18-/m1/s1. The lowest BCUT2D eigenvalue weighted by Crippen LogP contribution is -2.34. The molecule has 1 aliphatic heterocycles. The van der Waals surface area contributed by atoms with Crippen molar-refractivity contribution in [1.29, 1.82) is 0 Å². The van der Waals surface area contributed by atoms with Crippen LogP contribution in [0.2, 0.25) is 0 Å². The number of furan rings is 1. The van der Waals surface area contributed by atoms with Crippen LogP contribution in [0.1, 0.15) is 47.5 Å². The molecule has 0 unspecified atom stereocenters. The molecule has 6 nitrogen and oxygen atoms in total. The van der Waals surface area contributed by atoms with E-state index in [9.17, 15) is 14.7 Å². The molecule has 0 saturated heterocycles. The van der Waals surface area contributed by atoms with Gasteiger partial charge >= 0.3 is 0 Å². The van der Waals surface area contributed by atoms with Crippen LogP contribution >= 0.6 is 11.3 Å². The number of hydrogen-bond acceptors (Lipinski definition) is 6. The number of amides is 1. The molecular formula is C21H26N2O4S. The molecule has 0 aromatic carbocycles. The third-order valence-corrected chi connectivity index (χ3v) is 6.02. The summed E-state index contributed by atoms with van der Waals surface area (Å²) < 4.78 is 5.46. The van der Waals surface area contributed by atoms with Crippen LogP contribution in [-0.2, 0) is 4.79 Å². The average molecular weight is 403 g/mol. The van der Waals surface area contributed by atoms with Crippen molar-refractivity contribution in [3.63, 3.8) is 0 Å². The highest BCUT2D eigenvalue weighted by Crippen LogP contribution is 2.40. The van der Waals surface area contributed by atoms with E-state index in [1.165, 1.54) is 11.3 Å². The number of ketones is 1. The van der Waals surface area contributed by atoms with Gasteiger partial charge in [-0.05, 0) is 56.6 Å². The van der Waals surface area contributed by atoms with Gasteiger partial charge in [-0.3, -0.25) is 9.59 Å². The molecule has 1 atom stereocenters. The monoisotopic (exact) mass is 402 g/mol. The van der Waals surface area contributed by atoms with E-state index in [1.807, 2.05) is 17.5 Å². The van der Waals surface area contributed by atoms with Gasteiger partial charge in [0.2, 0.25) is 5.78 Å². The van der Waals surface area contributed by atoms with Crippen LogP contribution < -0.4 is 0 Å². The molecule has 2 aromatic rings. The van der Waals surface area contributed by atoms with Gasteiger partial charge in [-0.2, -0.15) is 0 Å². The van der Waals surface area contributed by atoms with Crippen molar-refractivity contribution in [1.82, 2.24) is 9.80 Å². The van der Waals surface area contributed by atoms with Crippen molar-refractivity contribution in [2.75, 3.05) is 26.2 Å². The number of carbonyl (C=O) groups excluding carboxylic acids is 2. The molecule has 0 bridgehead atoms. The van der Waals surface area contributed by atoms with Gasteiger partial charge in [0.25, 0.3) is 5.91 Å². The summed E-state index contributed by atoms with van der Waals surface area (Å²) in [5.74, 6) is -0.664. The van der Waals surface area contributed by atoms with E-state index in [2.05, 4.69) is 18.7 Å². The lowest BCUT2D eigenvalue weighted by Gasteiger charge is -2.27. The average Bonchev–Trinajstić information content (AvgIpc) is 3.41. The first-order valence-corrected chi connectivity index (χ1v) is 10.5. The molecule has 2 aromatic heterocycles. The van der Waals surface area contributed by atoms with Gasteiger partial charge < -0.3 is 19.3 Å². The Labute approximate surface area is 169 Å². The molecule has 1 amide bonds. The molecule has 1 N–H and O–H groups in total. The van der Waals surface area contributed by atoms with Crippen LogP contribution in [0.15, 0.2) is 45.4 Å². The molecule has 0 radical (unpaired) electrons. The Bertz CT molecular complexity index is 865. The first-order chi connectivity index (χ1) is 13.5. The van der Waals surface area contributed by atoms with Gasteiger partial charge in [0, 0.05) is 11.4 Å². The topological polar surface area (TPSA) is 74.0 Å². The summed E-state index contributed by atoms with van der Waals surface area (Å²) in [4.78, 5) is 30.6. The quantitative estimate of drug-likeness (QED) is 0.643. The van der Waals surface area contributed by atoms with E-state index in [-0.39, 0.29) is 11.3 Å². The number of aliphatic hydroxyl groups is 1. The summed E-state index contributed by atoms with van der Waals surface area (Å²) in [6.07, 6.45) is 0.768. The lowest BCUT2D eigenvalue weighted by atomic mass is 10.0. The summed E-state index contributed by atoms with van der Waals surface area (Å²) in [5, 5.41) is 12.5. The summed E-state index contributed by atoms with van der Waals surface area (Å²) in [5.41, 5.74) is 0.102. The third kappa shape index (κ3) is 3.91. The predicted octanol–water partition coefficient (Wildman–Crippen LogP) is 3.96. The highest BCUT2D eigenvalue weighted by molar-refractivity contribution is 7.10. The minimum absolute atomic E-state index is 0.102. The number of rotatable bonds is 9. The second kappa shape index (κ2) is 8.75. The summed E-state index contributed by atoms with van der Waals surface area (Å²) in [6, 6.07) is 6.47. The summed E-state index contributed by atoms with van der Waals surface area (Å²) in [6.45, 7) is 9.18. The van der Waals surface area contributed by atoms with Crippen LogP contribution in [0.3, 0.4) is 0 Å². The maximum atomic E-state index is 13.0. The molecule has 28 heavy (non-hydrogen) atoms. The molecule has 0 spiro atoms. The number of nitrogens with zero attached hydrogens (tertiary/aromatic N) is 2. The predicted molar refractivity (Wildman–Crippen MR) is 109 cm³/mol. The Morgan fingerprint density at radius 2 is 2.04 bits per heavy atom. The van der Waals surface area contributed by atoms with Crippen LogP contribution in [0.25, 0.3) is 0 Å². The highest BCUT2D eigenvalue weighted by atomic mass is 32.1. The van der Waals surface area contributed by atoms with Crippen LogP contribution in [0.4, 0.5) is 0 Å². The van der Waals surface area contributed by atoms with Gasteiger partial charge in [-0.15, -0.1) is 11.3 Å². The van der Waals surface area contributed by atoms with E-state index in [4.69, 9.17) is 4.42 Å². The molecule has 0 aliphatic carbocycles. The number of hydrogen-bond donors (Lipinski definition) is 1. The second-order valence-electron chi connectivity index (χ2n) is 6.80. The van der Waals surface area contributed by atoms with E-state index in [0.29, 0.717) is 12.3 Å². The molecular weight excluding hydrogens is 376 g/mol. The van der Waals surface area contributed by atoms with Crippen molar-refractivity contribution in [3.05, 3.63) is 57.4 Å². The molecule has 0 saturated carbocycles. The number of thiophene rings is 1. The van der Waals surface area contributed by atoms with Crippen LogP contribution in [-0.4, -0.2) is 52.8 Å². The van der Waals surface area contributed by atoms with Gasteiger partial charge in [0.1, 0.15) is 5.76 Å². The molecule has 7 heteroatoms. The Morgan fingerprint density at radius 1 is 1.29 bits per heavy atom. The Morgan fingerprint density at radius 3 is 2.61 bits per heavy atom. The maximum Gasteiger partial charge on any atom is 0.290 e. The van der Waals surface area contributed by atoms with Crippen molar-refractivity contribution < 1.29 is 19.1 Å². The Hall–Kier alpha value is -2.38. The number of Topliss-reactive ketones (excluding diaryl/α,β-unsaturated/α-hetero) is 1.